The minimum atomic E-state index is -3.51. The van der Waals surface area contributed by atoms with Gasteiger partial charge in [-0.25, -0.2) is 18.4 Å². The van der Waals surface area contributed by atoms with E-state index in [1.807, 2.05) is 13.2 Å². The molecule has 1 saturated heterocycles. The summed E-state index contributed by atoms with van der Waals surface area (Å²) in [6.45, 7) is 2.09. The third kappa shape index (κ3) is 6.69. The summed E-state index contributed by atoms with van der Waals surface area (Å²) >= 11 is 0. The first-order chi connectivity index (χ1) is 17.7. The van der Waals surface area contributed by atoms with Gasteiger partial charge in [-0.3, -0.25) is 9.78 Å². The van der Waals surface area contributed by atoms with Crippen LogP contribution in [0.4, 0.5) is 11.5 Å². The van der Waals surface area contributed by atoms with Gasteiger partial charge < -0.3 is 20.9 Å². The van der Waals surface area contributed by atoms with Crippen molar-refractivity contribution in [3.05, 3.63) is 73.0 Å². The van der Waals surface area contributed by atoms with Crippen LogP contribution >= 0.6 is 0 Å². The highest BCUT2D eigenvalue weighted by atomic mass is 32.2. The molecule has 37 heavy (non-hydrogen) atoms. The van der Waals surface area contributed by atoms with Crippen molar-refractivity contribution in [2.75, 3.05) is 44.0 Å². The fourth-order valence-corrected chi connectivity index (χ4v) is 5.20. The van der Waals surface area contributed by atoms with Crippen molar-refractivity contribution in [2.24, 2.45) is 0 Å². The van der Waals surface area contributed by atoms with E-state index < -0.39 is 15.7 Å². The number of carbonyl (C=O) groups is 1. The van der Waals surface area contributed by atoms with E-state index in [0.29, 0.717) is 23.0 Å². The van der Waals surface area contributed by atoms with Crippen LogP contribution in [0.3, 0.4) is 0 Å². The van der Waals surface area contributed by atoms with E-state index in [0.717, 1.165) is 25.9 Å². The number of nitrogens with two attached hydrogens (primary N) is 1. The van der Waals surface area contributed by atoms with Gasteiger partial charge in [0.2, 0.25) is 0 Å². The summed E-state index contributed by atoms with van der Waals surface area (Å²) in [6.07, 6.45) is 10.2. The summed E-state index contributed by atoms with van der Waals surface area (Å²) in [5.74, 6) is -0.624. The number of aromatic nitrogens is 3. The molecule has 10 nitrogen and oxygen atoms in total. The molecule has 4 rings (SSSR count). The standard InChI is InChI=1S/C26H31N7O3S/c1-32-14-10-21(11-15-32)33(2)13-4-16-37(35,36)22-8-6-19(7-9-22)23-18-29-25(27)24(31-23)26(34)30-20-5-3-12-28-17-20/h3-9,12-13,17-18,21H,10-11,14-16H2,1-2H3,(H2,27,29)(H,30,34). The fourth-order valence-electron chi connectivity index (χ4n) is 4.12. The zero-order chi connectivity index (χ0) is 26.4. The highest BCUT2D eigenvalue weighted by Crippen LogP contribution is 2.22. The first-order valence-electron chi connectivity index (χ1n) is 12.0. The molecule has 1 aliphatic rings. The number of hydrogen-bond donors (Lipinski definition) is 2. The first kappa shape index (κ1) is 26.2. The van der Waals surface area contributed by atoms with E-state index in [-0.39, 0.29) is 22.2 Å². The van der Waals surface area contributed by atoms with Crippen molar-refractivity contribution < 1.29 is 13.2 Å². The van der Waals surface area contributed by atoms with Gasteiger partial charge in [0.05, 0.1) is 34.4 Å². The number of hydrogen-bond acceptors (Lipinski definition) is 9. The number of nitrogen functional groups attached to an aromatic ring is 1. The molecule has 0 saturated carbocycles. The average Bonchev–Trinajstić information content (AvgIpc) is 2.90. The maximum absolute atomic E-state index is 12.9. The molecule has 3 aromatic rings. The largest absolute Gasteiger partial charge is 0.382 e. The van der Waals surface area contributed by atoms with Crippen molar-refractivity contribution >= 4 is 27.2 Å². The molecule has 1 aliphatic heterocycles. The van der Waals surface area contributed by atoms with Gasteiger partial charge in [-0.15, -0.1) is 0 Å². The van der Waals surface area contributed by atoms with Gasteiger partial charge in [0, 0.05) is 24.8 Å². The normalized spacial score (nSPS) is 15.1. The SMILES string of the molecule is CN1CCC(N(C)C=CCS(=O)(=O)c2ccc(-c3cnc(N)c(C(=O)Nc4cccnc4)n3)cc2)CC1. The predicted molar refractivity (Wildman–Crippen MR) is 144 cm³/mol. The Kier molecular flexibility index (Phi) is 8.14. The summed E-state index contributed by atoms with van der Waals surface area (Å²) in [5, 5.41) is 2.68. The van der Waals surface area contributed by atoms with Crippen LogP contribution in [0.25, 0.3) is 11.3 Å². The highest BCUT2D eigenvalue weighted by molar-refractivity contribution is 7.91. The van der Waals surface area contributed by atoms with Crippen LogP contribution in [0.5, 0.6) is 0 Å². The molecular weight excluding hydrogens is 490 g/mol. The lowest BCUT2D eigenvalue weighted by molar-refractivity contribution is 0.102. The molecule has 0 aliphatic carbocycles. The van der Waals surface area contributed by atoms with E-state index >= 15 is 0 Å². The lowest BCUT2D eigenvalue weighted by atomic mass is 10.0. The van der Waals surface area contributed by atoms with Crippen LogP contribution in [0.15, 0.2) is 72.2 Å². The second-order valence-corrected chi connectivity index (χ2v) is 11.1. The Balaban J connectivity index is 1.42. The van der Waals surface area contributed by atoms with Gasteiger partial charge in [-0.05, 0) is 63.4 Å². The van der Waals surface area contributed by atoms with Gasteiger partial charge in [-0.2, -0.15) is 0 Å². The summed E-state index contributed by atoms with van der Waals surface area (Å²) in [4.78, 5) is 29.7. The Hall–Kier alpha value is -3.83. The minimum absolute atomic E-state index is 0.0126. The molecule has 1 fully saturated rings. The Labute approximate surface area is 217 Å². The maximum atomic E-state index is 12.9. The Bertz CT molecular complexity index is 1350. The highest BCUT2D eigenvalue weighted by Gasteiger charge is 2.19. The summed E-state index contributed by atoms with van der Waals surface area (Å²) in [7, 11) is 0.602. The van der Waals surface area contributed by atoms with Crippen molar-refractivity contribution in [1.82, 2.24) is 24.8 Å². The van der Waals surface area contributed by atoms with Gasteiger partial charge in [0.15, 0.2) is 21.3 Å². The monoisotopic (exact) mass is 521 g/mol. The van der Waals surface area contributed by atoms with Crippen LogP contribution < -0.4 is 11.1 Å². The van der Waals surface area contributed by atoms with Gasteiger partial charge in [0.1, 0.15) is 0 Å². The number of amides is 1. The molecule has 2 aromatic heterocycles. The number of carbonyl (C=O) groups excluding carboxylic acids is 1. The summed E-state index contributed by atoms with van der Waals surface area (Å²) in [5.41, 5.74) is 7.36. The molecular formula is C26H31N7O3S. The second kappa shape index (κ2) is 11.5. The molecule has 0 spiro atoms. The molecule has 1 amide bonds. The van der Waals surface area contributed by atoms with Crippen LogP contribution in [0.2, 0.25) is 0 Å². The number of likely N-dealkylation sites (tertiary alicyclic amines) is 1. The average molecular weight is 522 g/mol. The molecule has 194 valence electrons. The van der Waals surface area contributed by atoms with Crippen molar-refractivity contribution in [3.63, 3.8) is 0 Å². The predicted octanol–water partition coefficient (Wildman–Crippen LogP) is 2.69. The van der Waals surface area contributed by atoms with Crippen molar-refractivity contribution in [3.8, 4) is 11.3 Å². The summed E-state index contributed by atoms with van der Waals surface area (Å²) < 4.78 is 25.7. The number of piperidine rings is 1. The van der Waals surface area contributed by atoms with Crippen LogP contribution in [-0.4, -0.2) is 78.1 Å². The van der Waals surface area contributed by atoms with Gasteiger partial charge >= 0.3 is 0 Å². The number of anilines is 2. The minimum Gasteiger partial charge on any atom is -0.382 e. The molecule has 1 aromatic carbocycles. The number of nitrogens with zero attached hydrogens (tertiary/aromatic N) is 5. The van der Waals surface area contributed by atoms with E-state index in [2.05, 4.69) is 37.1 Å². The molecule has 0 atom stereocenters. The van der Waals surface area contributed by atoms with Crippen LogP contribution in [0.1, 0.15) is 23.3 Å². The van der Waals surface area contributed by atoms with Crippen molar-refractivity contribution in [1.29, 1.82) is 0 Å². The van der Waals surface area contributed by atoms with Gasteiger partial charge in [-0.1, -0.05) is 18.2 Å². The summed E-state index contributed by atoms with van der Waals surface area (Å²) in [6, 6.07) is 10.2. The lowest BCUT2D eigenvalue weighted by Crippen LogP contribution is -2.39. The second-order valence-electron chi connectivity index (χ2n) is 9.08. The number of pyridine rings is 1. The maximum Gasteiger partial charge on any atom is 0.278 e. The third-order valence-electron chi connectivity index (χ3n) is 6.36. The Morgan fingerprint density at radius 1 is 1.19 bits per heavy atom. The van der Waals surface area contributed by atoms with E-state index in [9.17, 15) is 13.2 Å². The van der Waals surface area contributed by atoms with E-state index in [1.165, 1.54) is 24.5 Å². The smallest absolute Gasteiger partial charge is 0.278 e. The number of sulfone groups is 1. The zero-order valence-electron chi connectivity index (χ0n) is 20.9. The van der Waals surface area contributed by atoms with E-state index in [1.54, 1.807) is 36.5 Å². The lowest BCUT2D eigenvalue weighted by Gasteiger charge is -2.34. The molecule has 11 heteroatoms. The number of benzene rings is 1. The number of nitrogens with one attached hydrogen (secondary N) is 1. The topological polar surface area (TPSA) is 134 Å². The molecule has 0 unspecified atom stereocenters. The Morgan fingerprint density at radius 3 is 2.59 bits per heavy atom. The van der Waals surface area contributed by atoms with Crippen LogP contribution in [0, 0.1) is 0 Å². The van der Waals surface area contributed by atoms with Gasteiger partial charge in [0.25, 0.3) is 5.91 Å². The fraction of sp³-hybridized carbons (Fsp3) is 0.308. The first-order valence-corrected chi connectivity index (χ1v) is 13.6. The molecule has 3 N–H and O–H groups in total. The third-order valence-corrected chi connectivity index (χ3v) is 7.99. The van der Waals surface area contributed by atoms with Crippen molar-refractivity contribution in [2.45, 2.75) is 23.8 Å². The molecule has 3 heterocycles. The number of rotatable bonds is 8. The molecule has 0 bridgehead atoms. The molecule has 0 radical (unpaired) electrons. The van der Waals surface area contributed by atoms with E-state index in [4.69, 9.17) is 5.73 Å². The quantitative estimate of drug-likeness (QED) is 0.459. The zero-order valence-corrected chi connectivity index (χ0v) is 21.7. The van der Waals surface area contributed by atoms with Crippen LogP contribution in [-0.2, 0) is 9.84 Å². The Morgan fingerprint density at radius 2 is 1.92 bits per heavy atom.